The SMILES string of the molecule is Cc1cc(OC2CCCCC2)ccc1-c1ccc(N2CCc3cccc(C(=O)Nc4nc5ccccc5s4)c3C2)nc1C(=O)O. The number of hydrogen-bond donors (Lipinski definition) is 2. The van der Waals surface area contributed by atoms with Crippen LogP contribution in [0.2, 0.25) is 0 Å². The summed E-state index contributed by atoms with van der Waals surface area (Å²) in [6.45, 7) is 3.08. The highest BCUT2D eigenvalue weighted by Gasteiger charge is 2.25. The molecular weight excluding hydrogens is 584 g/mol. The summed E-state index contributed by atoms with van der Waals surface area (Å²) < 4.78 is 7.25. The van der Waals surface area contributed by atoms with E-state index in [1.807, 2.05) is 84.6 Å². The molecule has 1 saturated carbocycles. The normalized spacial score (nSPS) is 15.1. The van der Waals surface area contributed by atoms with Gasteiger partial charge >= 0.3 is 5.97 Å². The quantitative estimate of drug-likeness (QED) is 0.191. The number of aryl methyl sites for hydroxylation is 1. The summed E-state index contributed by atoms with van der Waals surface area (Å²) in [6, 6.07) is 23.2. The van der Waals surface area contributed by atoms with E-state index in [1.165, 1.54) is 30.6 Å². The number of anilines is 2. The lowest BCUT2D eigenvalue weighted by molar-refractivity contribution is 0.0691. The zero-order chi connectivity index (χ0) is 30.9. The first-order valence-electron chi connectivity index (χ1n) is 15.5. The van der Waals surface area contributed by atoms with Gasteiger partial charge < -0.3 is 14.7 Å². The van der Waals surface area contributed by atoms with Crippen LogP contribution in [0.4, 0.5) is 10.9 Å². The number of aromatic carboxylic acids is 1. The summed E-state index contributed by atoms with van der Waals surface area (Å²) in [6.07, 6.45) is 6.77. The largest absolute Gasteiger partial charge is 0.490 e. The average molecular weight is 619 g/mol. The summed E-state index contributed by atoms with van der Waals surface area (Å²) in [4.78, 5) is 37.2. The zero-order valence-corrected chi connectivity index (χ0v) is 25.9. The van der Waals surface area contributed by atoms with Crippen LogP contribution in [0.5, 0.6) is 5.75 Å². The van der Waals surface area contributed by atoms with Crippen molar-refractivity contribution in [1.29, 1.82) is 0 Å². The molecule has 2 aliphatic rings. The molecule has 0 radical (unpaired) electrons. The van der Waals surface area contributed by atoms with Crippen molar-refractivity contribution in [1.82, 2.24) is 9.97 Å². The molecule has 8 nitrogen and oxygen atoms in total. The molecule has 9 heteroatoms. The number of carbonyl (C=O) groups is 2. The summed E-state index contributed by atoms with van der Waals surface area (Å²) in [5.74, 6) is 0.0911. The van der Waals surface area contributed by atoms with Gasteiger partial charge in [0, 0.05) is 24.2 Å². The molecule has 0 unspecified atom stereocenters. The Morgan fingerprint density at radius 2 is 1.78 bits per heavy atom. The van der Waals surface area contributed by atoms with Crippen molar-refractivity contribution in [3.63, 3.8) is 0 Å². The molecule has 2 N–H and O–H groups in total. The topological polar surface area (TPSA) is 105 Å². The van der Waals surface area contributed by atoms with E-state index in [1.54, 1.807) is 0 Å². The van der Waals surface area contributed by atoms with Gasteiger partial charge in [-0.3, -0.25) is 10.1 Å². The van der Waals surface area contributed by atoms with E-state index in [0.29, 0.717) is 41.6 Å². The van der Waals surface area contributed by atoms with E-state index in [9.17, 15) is 14.7 Å². The summed E-state index contributed by atoms with van der Waals surface area (Å²) in [7, 11) is 0. The van der Waals surface area contributed by atoms with Crippen molar-refractivity contribution in [2.45, 2.75) is 58.1 Å². The molecule has 5 aromatic rings. The highest BCUT2D eigenvalue weighted by Crippen LogP contribution is 2.34. The Kier molecular flexibility index (Phi) is 7.94. The number of nitrogens with one attached hydrogen (secondary N) is 1. The van der Waals surface area contributed by atoms with Crippen LogP contribution in [0, 0.1) is 6.92 Å². The number of aromatic nitrogens is 2. The van der Waals surface area contributed by atoms with Crippen LogP contribution in [0.15, 0.2) is 72.8 Å². The molecule has 0 saturated heterocycles. The van der Waals surface area contributed by atoms with Crippen LogP contribution < -0.4 is 15.0 Å². The molecule has 228 valence electrons. The van der Waals surface area contributed by atoms with Crippen LogP contribution in [0.3, 0.4) is 0 Å². The van der Waals surface area contributed by atoms with Gasteiger partial charge in [0.15, 0.2) is 10.8 Å². The first kappa shape index (κ1) is 29.0. The van der Waals surface area contributed by atoms with Crippen molar-refractivity contribution in [3.8, 4) is 16.9 Å². The predicted octanol–water partition coefficient (Wildman–Crippen LogP) is 7.89. The Morgan fingerprint density at radius 3 is 2.58 bits per heavy atom. The van der Waals surface area contributed by atoms with E-state index < -0.39 is 5.97 Å². The lowest BCUT2D eigenvalue weighted by Gasteiger charge is -2.31. The molecule has 1 aliphatic carbocycles. The molecule has 0 bridgehead atoms. The van der Waals surface area contributed by atoms with Gasteiger partial charge in [-0.25, -0.2) is 14.8 Å². The zero-order valence-electron chi connectivity index (χ0n) is 25.1. The highest BCUT2D eigenvalue weighted by molar-refractivity contribution is 7.22. The number of ether oxygens (including phenoxy) is 1. The Bertz CT molecular complexity index is 1880. The van der Waals surface area contributed by atoms with Gasteiger partial charge in [-0.1, -0.05) is 48.1 Å². The van der Waals surface area contributed by atoms with Crippen LogP contribution >= 0.6 is 11.3 Å². The number of carboxylic acids is 1. The third-order valence-electron chi connectivity index (χ3n) is 8.78. The van der Waals surface area contributed by atoms with Gasteiger partial charge in [-0.2, -0.15) is 0 Å². The Morgan fingerprint density at radius 1 is 0.956 bits per heavy atom. The molecular formula is C36H34N4O4S. The summed E-state index contributed by atoms with van der Waals surface area (Å²) >= 11 is 1.44. The molecule has 0 spiro atoms. The average Bonchev–Trinajstić information content (AvgIpc) is 3.47. The molecule has 2 aromatic heterocycles. The first-order chi connectivity index (χ1) is 21.9. The van der Waals surface area contributed by atoms with Gasteiger partial charge in [0.1, 0.15) is 11.6 Å². The molecule has 1 fully saturated rings. The number of fused-ring (bicyclic) bond motifs is 2. The Balaban J connectivity index is 1.13. The third-order valence-corrected chi connectivity index (χ3v) is 9.73. The first-order valence-corrected chi connectivity index (χ1v) is 16.3. The van der Waals surface area contributed by atoms with Crippen molar-refractivity contribution < 1.29 is 19.4 Å². The molecule has 45 heavy (non-hydrogen) atoms. The van der Waals surface area contributed by atoms with Gasteiger partial charge in [-0.05, 0) is 104 Å². The fourth-order valence-corrected chi connectivity index (χ4v) is 7.33. The monoisotopic (exact) mass is 618 g/mol. The van der Waals surface area contributed by atoms with Crippen molar-refractivity contribution in [3.05, 3.63) is 101 Å². The standard InChI is InChI=1S/C36H34N4O4S/c1-22-20-25(44-24-9-3-2-4-10-24)14-15-26(22)27-16-17-32(38-33(27)35(42)43)40-19-18-23-8-7-11-28(29(23)21-40)34(41)39-36-37-30-12-5-6-13-31(30)45-36/h5-8,11-17,20,24H,2-4,9-10,18-19,21H2,1H3,(H,42,43)(H,37,39,41). The maximum atomic E-state index is 13.5. The van der Waals surface area contributed by atoms with Gasteiger partial charge in [0.05, 0.1) is 16.3 Å². The van der Waals surface area contributed by atoms with E-state index in [4.69, 9.17) is 4.74 Å². The van der Waals surface area contributed by atoms with Crippen molar-refractivity contribution >= 4 is 44.4 Å². The molecule has 3 aromatic carbocycles. The number of nitrogens with zero attached hydrogens (tertiary/aromatic N) is 3. The van der Waals surface area contributed by atoms with Crippen molar-refractivity contribution in [2.75, 3.05) is 16.8 Å². The van der Waals surface area contributed by atoms with Crippen molar-refractivity contribution in [2.24, 2.45) is 0 Å². The maximum Gasteiger partial charge on any atom is 0.355 e. The van der Waals surface area contributed by atoms with E-state index in [2.05, 4.69) is 15.3 Å². The second-order valence-electron chi connectivity index (χ2n) is 11.8. The maximum absolute atomic E-state index is 13.5. The Hall–Kier alpha value is -4.76. The lowest BCUT2D eigenvalue weighted by Crippen LogP contribution is -2.33. The van der Waals surface area contributed by atoms with E-state index >= 15 is 0 Å². The number of hydrogen-bond acceptors (Lipinski definition) is 7. The number of benzene rings is 3. The number of carboxylic acid groups (broad SMARTS) is 1. The molecule has 1 amide bonds. The second-order valence-corrected chi connectivity index (χ2v) is 12.8. The molecule has 0 atom stereocenters. The number of carbonyl (C=O) groups excluding carboxylic acids is 1. The van der Waals surface area contributed by atoms with E-state index in [-0.39, 0.29) is 17.7 Å². The number of pyridine rings is 1. The number of rotatable bonds is 7. The third kappa shape index (κ3) is 6.00. The number of amides is 1. The lowest BCUT2D eigenvalue weighted by atomic mass is 9.94. The molecule has 3 heterocycles. The second kappa shape index (κ2) is 12.3. The minimum absolute atomic E-state index is 0.00390. The predicted molar refractivity (Wildman–Crippen MR) is 178 cm³/mol. The Labute approximate surface area is 265 Å². The summed E-state index contributed by atoms with van der Waals surface area (Å²) in [5, 5.41) is 13.8. The van der Waals surface area contributed by atoms with Crippen LogP contribution in [-0.4, -0.2) is 39.6 Å². The summed E-state index contributed by atoms with van der Waals surface area (Å²) in [5.41, 5.74) is 5.78. The number of thiazole rings is 1. The van der Waals surface area contributed by atoms with Crippen LogP contribution in [-0.2, 0) is 13.0 Å². The fraction of sp³-hybridized carbons (Fsp3) is 0.278. The highest BCUT2D eigenvalue weighted by atomic mass is 32.1. The number of para-hydroxylation sites is 1. The van der Waals surface area contributed by atoms with Gasteiger partial charge in [0.25, 0.3) is 5.91 Å². The van der Waals surface area contributed by atoms with Crippen LogP contribution in [0.1, 0.15) is 69.6 Å². The van der Waals surface area contributed by atoms with Crippen LogP contribution in [0.25, 0.3) is 21.3 Å². The van der Waals surface area contributed by atoms with Gasteiger partial charge in [-0.15, -0.1) is 0 Å². The van der Waals surface area contributed by atoms with E-state index in [0.717, 1.165) is 51.1 Å². The minimum atomic E-state index is -1.08. The smallest absolute Gasteiger partial charge is 0.355 e. The van der Waals surface area contributed by atoms with Gasteiger partial charge in [0.2, 0.25) is 0 Å². The fourth-order valence-electron chi connectivity index (χ4n) is 6.47. The minimum Gasteiger partial charge on any atom is -0.490 e. The molecule has 1 aliphatic heterocycles. The molecule has 7 rings (SSSR count).